The van der Waals surface area contributed by atoms with E-state index >= 15 is 0 Å². The molecule has 2 unspecified atom stereocenters. The number of hydrogen-bond donors (Lipinski definition) is 1. The van der Waals surface area contributed by atoms with Crippen LogP contribution in [-0.2, 0) is 15.7 Å². The number of hydrogen-bond acceptors (Lipinski definition) is 4. The second kappa shape index (κ2) is 6.34. The molecular formula is C14H15ClF3NO3. The van der Waals surface area contributed by atoms with Gasteiger partial charge in [0.2, 0.25) is 0 Å². The van der Waals surface area contributed by atoms with Gasteiger partial charge in [-0.3, -0.25) is 0 Å². The van der Waals surface area contributed by atoms with Gasteiger partial charge < -0.3 is 14.7 Å². The van der Waals surface area contributed by atoms with Gasteiger partial charge in [0.05, 0.1) is 12.2 Å². The number of rotatable bonds is 3. The van der Waals surface area contributed by atoms with Gasteiger partial charge in [0.15, 0.2) is 0 Å². The van der Waals surface area contributed by atoms with E-state index in [0.29, 0.717) is 6.42 Å². The van der Waals surface area contributed by atoms with Gasteiger partial charge in [0.25, 0.3) is 0 Å². The van der Waals surface area contributed by atoms with Crippen LogP contribution >= 0.6 is 11.6 Å². The zero-order valence-electron chi connectivity index (χ0n) is 11.7. The molecule has 1 heterocycles. The zero-order chi connectivity index (χ0) is 16.5. The van der Waals surface area contributed by atoms with Crippen molar-refractivity contribution in [1.29, 1.82) is 0 Å². The Kier molecular flexibility index (Phi) is 4.87. The summed E-state index contributed by atoms with van der Waals surface area (Å²) in [6.45, 7) is 1.79. The summed E-state index contributed by atoms with van der Waals surface area (Å²) < 4.78 is 43.5. The predicted molar refractivity (Wildman–Crippen MR) is 74.6 cm³/mol. The van der Waals surface area contributed by atoms with Crippen molar-refractivity contribution < 1.29 is 27.8 Å². The van der Waals surface area contributed by atoms with Crippen LogP contribution in [0.1, 0.15) is 25.3 Å². The molecule has 4 nitrogen and oxygen atoms in total. The Labute approximate surface area is 130 Å². The molecule has 1 N–H and O–H groups in total. The summed E-state index contributed by atoms with van der Waals surface area (Å²) >= 11 is 5.75. The number of benzene rings is 1. The van der Waals surface area contributed by atoms with Crippen molar-refractivity contribution in [2.75, 3.05) is 11.5 Å². The summed E-state index contributed by atoms with van der Waals surface area (Å²) in [6, 6.07) is 2.13. The first kappa shape index (κ1) is 16.9. The molecule has 22 heavy (non-hydrogen) atoms. The third-order valence-corrected chi connectivity index (χ3v) is 3.64. The number of halogens is 4. The number of nitrogens with zero attached hydrogens (tertiary/aromatic N) is 1. The number of esters is 1. The van der Waals surface area contributed by atoms with Crippen LogP contribution in [0.5, 0.6) is 0 Å². The van der Waals surface area contributed by atoms with Crippen LogP contribution in [0.25, 0.3) is 0 Å². The average molecular weight is 338 g/mol. The molecule has 1 aliphatic heterocycles. The summed E-state index contributed by atoms with van der Waals surface area (Å²) in [5, 5.41) is 9.89. The molecule has 1 aromatic carbocycles. The molecule has 0 spiro atoms. The molecule has 0 bridgehead atoms. The normalized spacial score (nSPS) is 22.0. The van der Waals surface area contributed by atoms with E-state index in [1.54, 1.807) is 6.92 Å². The topological polar surface area (TPSA) is 49.8 Å². The molecule has 2 rings (SSSR count). The maximum absolute atomic E-state index is 12.9. The molecule has 1 aromatic rings. The largest absolute Gasteiger partial charge is 0.464 e. The summed E-state index contributed by atoms with van der Waals surface area (Å²) in [6.07, 6.45) is -5.07. The lowest BCUT2D eigenvalue weighted by molar-refractivity contribution is -0.144. The first-order chi connectivity index (χ1) is 10.2. The van der Waals surface area contributed by atoms with Crippen molar-refractivity contribution in [3.63, 3.8) is 0 Å². The van der Waals surface area contributed by atoms with Crippen LogP contribution in [0.15, 0.2) is 18.2 Å². The van der Waals surface area contributed by atoms with E-state index in [9.17, 15) is 23.1 Å². The van der Waals surface area contributed by atoms with Crippen LogP contribution in [0.2, 0.25) is 5.02 Å². The first-order valence-electron chi connectivity index (χ1n) is 6.75. The molecule has 0 aromatic heterocycles. The molecular weight excluding hydrogens is 323 g/mol. The Morgan fingerprint density at radius 1 is 1.41 bits per heavy atom. The maximum Gasteiger partial charge on any atom is 0.416 e. The summed E-state index contributed by atoms with van der Waals surface area (Å²) in [4.78, 5) is 13.1. The van der Waals surface area contributed by atoms with Gasteiger partial charge in [-0.15, -0.1) is 0 Å². The van der Waals surface area contributed by atoms with Gasteiger partial charge in [0, 0.05) is 10.7 Å². The van der Waals surface area contributed by atoms with E-state index in [-0.39, 0.29) is 23.7 Å². The standard InChI is InChI=1S/C14H15ClF3NO3/c1-2-22-13(21)11-3-4-12(20)19(11)10-6-8(14(16,17)18)5-9(15)7-10/h5-7,11-12,20H,2-4H2,1H3. The van der Waals surface area contributed by atoms with E-state index in [0.717, 1.165) is 12.1 Å². The Hall–Kier alpha value is -1.47. The quantitative estimate of drug-likeness (QED) is 0.860. The van der Waals surface area contributed by atoms with Crippen molar-refractivity contribution in [3.8, 4) is 0 Å². The lowest BCUT2D eigenvalue weighted by atomic mass is 10.1. The summed E-state index contributed by atoms with van der Waals surface area (Å²) in [5.41, 5.74) is -0.889. The Morgan fingerprint density at radius 2 is 2.09 bits per heavy atom. The highest BCUT2D eigenvalue weighted by Crippen LogP contribution is 2.37. The molecule has 0 radical (unpaired) electrons. The molecule has 1 saturated heterocycles. The van der Waals surface area contributed by atoms with Gasteiger partial charge >= 0.3 is 12.1 Å². The number of ether oxygens (including phenoxy) is 1. The van der Waals surface area contributed by atoms with E-state index in [1.165, 1.54) is 11.0 Å². The number of anilines is 1. The lowest BCUT2D eigenvalue weighted by Crippen LogP contribution is -2.42. The maximum atomic E-state index is 12.9. The molecule has 122 valence electrons. The van der Waals surface area contributed by atoms with Crippen molar-refractivity contribution in [2.24, 2.45) is 0 Å². The summed E-state index contributed by atoms with van der Waals surface area (Å²) in [7, 11) is 0. The van der Waals surface area contributed by atoms with Crippen LogP contribution in [0, 0.1) is 0 Å². The van der Waals surface area contributed by atoms with Gasteiger partial charge in [-0.2, -0.15) is 13.2 Å². The zero-order valence-corrected chi connectivity index (χ0v) is 12.5. The van der Waals surface area contributed by atoms with E-state index < -0.39 is 30.0 Å². The van der Waals surface area contributed by atoms with E-state index in [1.807, 2.05) is 0 Å². The van der Waals surface area contributed by atoms with Gasteiger partial charge in [-0.25, -0.2) is 4.79 Å². The minimum atomic E-state index is -4.57. The predicted octanol–water partition coefficient (Wildman–Crippen LogP) is 3.21. The fourth-order valence-corrected chi connectivity index (χ4v) is 2.73. The first-order valence-corrected chi connectivity index (χ1v) is 7.12. The molecule has 1 aliphatic rings. The van der Waals surface area contributed by atoms with Crippen molar-refractivity contribution >= 4 is 23.3 Å². The Morgan fingerprint density at radius 3 is 2.68 bits per heavy atom. The van der Waals surface area contributed by atoms with Gasteiger partial charge in [-0.1, -0.05) is 11.6 Å². The van der Waals surface area contributed by atoms with E-state index in [2.05, 4.69) is 0 Å². The second-order valence-electron chi connectivity index (χ2n) is 4.93. The van der Waals surface area contributed by atoms with Crippen molar-refractivity contribution in [1.82, 2.24) is 0 Å². The number of carbonyl (C=O) groups is 1. The van der Waals surface area contributed by atoms with Crippen LogP contribution in [0.4, 0.5) is 18.9 Å². The highest BCUT2D eigenvalue weighted by atomic mass is 35.5. The molecule has 2 atom stereocenters. The smallest absolute Gasteiger partial charge is 0.416 e. The third-order valence-electron chi connectivity index (χ3n) is 3.42. The lowest BCUT2D eigenvalue weighted by Gasteiger charge is -2.29. The number of aliphatic hydroxyl groups excluding tert-OH is 1. The Balaban J connectivity index is 2.39. The third kappa shape index (κ3) is 3.47. The minimum Gasteiger partial charge on any atom is -0.464 e. The second-order valence-corrected chi connectivity index (χ2v) is 5.37. The minimum absolute atomic E-state index is 0.0443. The van der Waals surface area contributed by atoms with Gasteiger partial charge in [0.1, 0.15) is 12.3 Å². The van der Waals surface area contributed by atoms with Crippen molar-refractivity contribution in [3.05, 3.63) is 28.8 Å². The van der Waals surface area contributed by atoms with Crippen LogP contribution < -0.4 is 4.90 Å². The SMILES string of the molecule is CCOC(=O)C1CCC(O)N1c1cc(Cl)cc(C(F)(F)F)c1. The Bertz CT molecular complexity index is 565. The van der Waals surface area contributed by atoms with Crippen LogP contribution in [0.3, 0.4) is 0 Å². The molecule has 8 heteroatoms. The molecule has 0 saturated carbocycles. The van der Waals surface area contributed by atoms with Crippen LogP contribution in [-0.4, -0.2) is 30.0 Å². The highest BCUT2D eigenvalue weighted by Gasteiger charge is 2.39. The highest BCUT2D eigenvalue weighted by molar-refractivity contribution is 6.31. The van der Waals surface area contributed by atoms with Crippen molar-refractivity contribution in [2.45, 2.75) is 38.2 Å². The van der Waals surface area contributed by atoms with Gasteiger partial charge in [-0.05, 0) is 38.0 Å². The summed E-state index contributed by atoms with van der Waals surface area (Å²) in [5.74, 6) is -0.576. The van der Waals surface area contributed by atoms with E-state index in [4.69, 9.17) is 16.3 Å². The average Bonchev–Trinajstić information content (AvgIpc) is 2.79. The monoisotopic (exact) mass is 337 g/mol. The fourth-order valence-electron chi connectivity index (χ4n) is 2.50. The molecule has 0 amide bonds. The fraction of sp³-hybridized carbons (Fsp3) is 0.500. The molecule has 0 aliphatic carbocycles. The number of carbonyl (C=O) groups excluding carboxylic acids is 1. The molecule has 1 fully saturated rings. The number of alkyl halides is 3. The number of aliphatic hydroxyl groups is 1.